The van der Waals surface area contributed by atoms with Crippen LogP contribution in [0.3, 0.4) is 0 Å². The lowest BCUT2D eigenvalue weighted by atomic mass is 10.2. The van der Waals surface area contributed by atoms with Crippen LogP contribution in [-0.4, -0.2) is 32.9 Å². The van der Waals surface area contributed by atoms with Gasteiger partial charge in [0.2, 0.25) is 5.91 Å². The van der Waals surface area contributed by atoms with Crippen molar-refractivity contribution in [3.05, 3.63) is 39.8 Å². The molecule has 0 spiro atoms. The number of rotatable bonds is 5. The number of aryl methyl sites for hydroxylation is 1. The van der Waals surface area contributed by atoms with Gasteiger partial charge in [0.25, 0.3) is 5.91 Å². The molecule has 0 aliphatic carbocycles. The number of carbonyl (C=O) groups excluding carboxylic acids is 2. The molecular formula is C17H13N4O5S2-. The number of benzene rings is 1. The number of aromatic nitrogens is 2. The Bertz CT molecular complexity index is 1090. The molecule has 3 N–H and O–H groups in total. The molecule has 2 amide bonds. The molecule has 1 aromatic carbocycles. The summed E-state index contributed by atoms with van der Waals surface area (Å²) in [5.41, 5.74) is 1.03. The summed E-state index contributed by atoms with van der Waals surface area (Å²) in [6.45, 7) is 3.16. The van der Waals surface area contributed by atoms with Gasteiger partial charge in [-0.05, 0) is 25.1 Å². The molecule has 0 atom stereocenters. The maximum Gasteiger partial charge on any atom is 0.335 e. The molecule has 0 bridgehead atoms. The first-order valence-corrected chi connectivity index (χ1v) is 9.51. The lowest BCUT2D eigenvalue weighted by Crippen LogP contribution is -2.12. The summed E-state index contributed by atoms with van der Waals surface area (Å²) in [5, 5.41) is 28.0. The highest BCUT2D eigenvalue weighted by Crippen LogP contribution is 2.33. The largest absolute Gasteiger partial charge is 0.872 e. The number of anilines is 2. The molecule has 28 heavy (non-hydrogen) atoms. The van der Waals surface area contributed by atoms with Crippen LogP contribution in [0.25, 0.3) is 10.6 Å². The van der Waals surface area contributed by atoms with Crippen LogP contribution in [0.2, 0.25) is 0 Å². The molecule has 2 heterocycles. The maximum atomic E-state index is 12.4. The smallest absolute Gasteiger partial charge is 0.335 e. The summed E-state index contributed by atoms with van der Waals surface area (Å²) < 4.78 is 0. The van der Waals surface area contributed by atoms with Crippen LogP contribution >= 0.6 is 22.7 Å². The molecule has 2 aromatic heterocycles. The third-order valence-corrected chi connectivity index (χ3v) is 5.42. The van der Waals surface area contributed by atoms with E-state index in [1.807, 2.05) is 0 Å². The summed E-state index contributed by atoms with van der Waals surface area (Å²) in [6, 6.07) is 3.52. The Morgan fingerprint density at radius 2 is 1.93 bits per heavy atom. The van der Waals surface area contributed by atoms with Gasteiger partial charge in [0.05, 0.1) is 21.8 Å². The molecule has 3 aromatic rings. The van der Waals surface area contributed by atoms with Crippen molar-refractivity contribution in [1.29, 1.82) is 0 Å². The Hall–Kier alpha value is -3.31. The van der Waals surface area contributed by atoms with Crippen LogP contribution in [0.1, 0.15) is 32.8 Å². The van der Waals surface area contributed by atoms with E-state index in [2.05, 4.69) is 20.6 Å². The standard InChI is InChI=1S/C17H14N4O5S2/c1-7-13(28-17(18-7)19-8(2)22)11-6-27-15(21-11)14(24)20-9-3-4-10(16(25)26)12(23)5-9/h3-6,23H,1-2H3,(H,20,24)(H,25,26)(H,18,19,22)/p-1. The van der Waals surface area contributed by atoms with E-state index in [0.29, 0.717) is 16.5 Å². The van der Waals surface area contributed by atoms with Gasteiger partial charge in [-0.25, -0.2) is 14.8 Å². The first kappa shape index (κ1) is 19.5. The lowest BCUT2D eigenvalue weighted by Gasteiger charge is -2.12. The first-order chi connectivity index (χ1) is 13.2. The van der Waals surface area contributed by atoms with Crippen molar-refractivity contribution in [3.63, 3.8) is 0 Å². The molecule has 0 aliphatic heterocycles. The molecule has 0 saturated carbocycles. The fraction of sp³-hybridized carbons (Fsp3) is 0.118. The molecule has 0 fully saturated rings. The van der Waals surface area contributed by atoms with E-state index in [-0.39, 0.29) is 22.2 Å². The number of amides is 2. The van der Waals surface area contributed by atoms with E-state index >= 15 is 0 Å². The van der Waals surface area contributed by atoms with Gasteiger partial charge in [-0.3, -0.25) is 9.59 Å². The quantitative estimate of drug-likeness (QED) is 0.578. The van der Waals surface area contributed by atoms with Crippen molar-refractivity contribution < 1.29 is 24.6 Å². The van der Waals surface area contributed by atoms with Gasteiger partial charge < -0.3 is 20.8 Å². The number of nitrogens with one attached hydrogen (secondary N) is 2. The number of carbonyl (C=O) groups is 3. The van der Waals surface area contributed by atoms with Crippen molar-refractivity contribution in [2.75, 3.05) is 10.6 Å². The minimum absolute atomic E-state index is 0.165. The number of aromatic carboxylic acids is 1. The van der Waals surface area contributed by atoms with Crippen molar-refractivity contribution in [1.82, 2.24) is 9.97 Å². The molecule has 0 saturated heterocycles. The highest BCUT2D eigenvalue weighted by Gasteiger charge is 2.17. The second-order valence-corrected chi connectivity index (χ2v) is 7.48. The zero-order valence-corrected chi connectivity index (χ0v) is 16.2. The zero-order chi connectivity index (χ0) is 20.4. The minimum Gasteiger partial charge on any atom is -0.872 e. The third kappa shape index (κ3) is 4.15. The van der Waals surface area contributed by atoms with Gasteiger partial charge in [-0.2, -0.15) is 0 Å². The topological polar surface area (TPSA) is 144 Å². The Labute approximate surface area is 166 Å². The van der Waals surface area contributed by atoms with Crippen LogP contribution in [0.5, 0.6) is 5.75 Å². The van der Waals surface area contributed by atoms with Crippen molar-refractivity contribution in [2.45, 2.75) is 13.8 Å². The highest BCUT2D eigenvalue weighted by atomic mass is 32.1. The van der Waals surface area contributed by atoms with Crippen molar-refractivity contribution >= 4 is 51.3 Å². The first-order valence-electron chi connectivity index (χ1n) is 7.81. The Morgan fingerprint density at radius 1 is 1.18 bits per heavy atom. The Morgan fingerprint density at radius 3 is 2.57 bits per heavy atom. The molecule has 9 nitrogen and oxygen atoms in total. The average molecular weight is 417 g/mol. The lowest BCUT2D eigenvalue weighted by molar-refractivity contribution is -0.268. The van der Waals surface area contributed by atoms with Gasteiger partial charge in [0, 0.05) is 18.0 Å². The molecular weight excluding hydrogens is 404 g/mol. The zero-order valence-electron chi connectivity index (χ0n) is 14.6. The second kappa shape index (κ2) is 7.74. The van der Waals surface area contributed by atoms with E-state index in [9.17, 15) is 19.5 Å². The summed E-state index contributed by atoms with van der Waals surface area (Å²) in [6.07, 6.45) is 0. The predicted molar refractivity (Wildman–Crippen MR) is 103 cm³/mol. The number of hydrogen-bond acceptors (Lipinski definition) is 8. The third-order valence-electron chi connectivity index (χ3n) is 3.48. The summed E-state index contributed by atoms with van der Waals surface area (Å²) in [7, 11) is 0. The van der Waals surface area contributed by atoms with E-state index < -0.39 is 17.6 Å². The molecule has 3 rings (SSSR count). The summed E-state index contributed by atoms with van der Waals surface area (Å²) in [4.78, 5) is 43.7. The molecule has 0 aliphatic rings. The van der Waals surface area contributed by atoms with Crippen LogP contribution in [-0.2, 0) is 4.79 Å². The summed E-state index contributed by atoms with van der Waals surface area (Å²) >= 11 is 2.36. The second-order valence-electron chi connectivity index (χ2n) is 5.62. The SMILES string of the molecule is CC(=O)Nc1nc(C)c(-c2csc(C(=O)Nc3ccc(C(=O)O)c([O-])c3)n2)s1. The number of carboxylic acid groups (broad SMARTS) is 1. The number of thiazole rings is 2. The highest BCUT2D eigenvalue weighted by molar-refractivity contribution is 7.19. The summed E-state index contributed by atoms with van der Waals surface area (Å²) in [5.74, 6) is -2.78. The predicted octanol–water partition coefficient (Wildman–Crippen LogP) is 2.56. The fourth-order valence-corrected chi connectivity index (χ4v) is 4.03. The van der Waals surface area contributed by atoms with Gasteiger partial charge in [-0.15, -0.1) is 11.3 Å². The Kier molecular flexibility index (Phi) is 5.38. The molecule has 0 radical (unpaired) electrons. The van der Waals surface area contributed by atoms with E-state index in [0.717, 1.165) is 28.3 Å². The molecule has 144 valence electrons. The number of nitrogens with zero attached hydrogens (tertiary/aromatic N) is 2. The van der Waals surface area contributed by atoms with Crippen LogP contribution in [0.4, 0.5) is 10.8 Å². The molecule has 0 unspecified atom stereocenters. The van der Waals surface area contributed by atoms with Crippen molar-refractivity contribution in [3.8, 4) is 16.3 Å². The van der Waals surface area contributed by atoms with Crippen LogP contribution < -0.4 is 15.7 Å². The fourth-order valence-electron chi connectivity index (χ4n) is 2.28. The van der Waals surface area contributed by atoms with Gasteiger partial charge in [-0.1, -0.05) is 17.1 Å². The van der Waals surface area contributed by atoms with E-state index in [4.69, 9.17) is 5.11 Å². The number of hydrogen-bond donors (Lipinski definition) is 3. The van der Waals surface area contributed by atoms with Gasteiger partial charge >= 0.3 is 5.97 Å². The Balaban J connectivity index is 1.78. The van der Waals surface area contributed by atoms with E-state index in [1.54, 1.807) is 12.3 Å². The minimum atomic E-state index is -1.33. The molecule has 11 heteroatoms. The van der Waals surface area contributed by atoms with Crippen LogP contribution in [0, 0.1) is 6.92 Å². The monoisotopic (exact) mass is 417 g/mol. The van der Waals surface area contributed by atoms with Crippen LogP contribution in [0.15, 0.2) is 23.6 Å². The number of carboxylic acids is 1. The normalized spacial score (nSPS) is 10.5. The maximum absolute atomic E-state index is 12.4. The van der Waals surface area contributed by atoms with E-state index in [1.165, 1.54) is 24.3 Å². The van der Waals surface area contributed by atoms with Crippen molar-refractivity contribution in [2.24, 2.45) is 0 Å². The van der Waals surface area contributed by atoms with Gasteiger partial charge in [0.15, 0.2) is 10.1 Å². The van der Waals surface area contributed by atoms with Gasteiger partial charge in [0.1, 0.15) is 0 Å². The average Bonchev–Trinajstić information content (AvgIpc) is 3.20.